The molecular weight excluding hydrogens is 386 g/mol. The van der Waals surface area contributed by atoms with Crippen LogP contribution in [-0.4, -0.2) is 31.1 Å². The largest absolute Gasteiger partial charge is 0.218 e. The van der Waals surface area contributed by atoms with Gasteiger partial charge in [0.25, 0.3) is 0 Å². The Morgan fingerprint density at radius 3 is 2.36 bits per heavy atom. The smallest absolute Gasteiger partial charge is 0.212 e. The van der Waals surface area contributed by atoms with E-state index in [0.29, 0.717) is 6.54 Å². The molecule has 3 nitrogen and oxygen atoms in total. The third-order valence-corrected chi connectivity index (χ3v) is 8.27. The molecule has 1 aliphatic rings. The second-order valence-corrected chi connectivity index (χ2v) is 10.2. The SMILES string of the molecule is C/C=C(\SCCCc1ccccc1)[C@@H]1CCCN1S(=O)(=O)Cc1ccccc1. The number of hydrogen-bond acceptors (Lipinski definition) is 3. The van der Waals surface area contributed by atoms with E-state index < -0.39 is 10.0 Å². The number of allylic oxidation sites excluding steroid dienone is 1. The molecule has 0 aliphatic carbocycles. The minimum Gasteiger partial charge on any atom is -0.212 e. The Bertz CT molecular complexity index is 864. The Balaban J connectivity index is 1.58. The molecule has 28 heavy (non-hydrogen) atoms. The van der Waals surface area contributed by atoms with E-state index in [1.165, 1.54) is 10.5 Å². The lowest BCUT2D eigenvalue weighted by Gasteiger charge is -2.26. The van der Waals surface area contributed by atoms with Crippen LogP contribution in [0.3, 0.4) is 0 Å². The molecule has 1 fully saturated rings. The van der Waals surface area contributed by atoms with Crippen molar-refractivity contribution in [3.63, 3.8) is 0 Å². The van der Waals surface area contributed by atoms with Crippen molar-refractivity contribution >= 4 is 21.8 Å². The molecule has 5 heteroatoms. The maximum Gasteiger partial charge on any atom is 0.218 e. The Morgan fingerprint density at radius 2 is 1.71 bits per heavy atom. The van der Waals surface area contributed by atoms with Gasteiger partial charge in [-0.05, 0) is 54.4 Å². The van der Waals surface area contributed by atoms with E-state index in [2.05, 4.69) is 30.3 Å². The summed E-state index contributed by atoms with van der Waals surface area (Å²) in [6, 6.07) is 20.0. The highest BCUT2D eigenvalue weighted by molar-refractivity contribution is 8.03. The van der Waals surface area contributed by atoms with Crippen LogP contribution in [0.2, 0.25) is 0 Å². The fourth-order valence-electron chi connectivity index (χ4n) is 3.71. The fourth-order valence-corrected chi connectivity index (χ4v) is 6.70. The number of thioether (sulfide) groups is 1. The number of sulfonamides is 1. The molecule has 0 bridgehead atoms. The third-order valence-electron chi connectivity index (χ3n) is 5.09. The molecule has 1 atom stereocenters. The van der Waals surface area contributed by atoms with Crippen LogP contribution in [0.4, 0.5) is 0 Å². The quantitative estimate of drug-likeness (QED) is 0.525. The van der Waals surface area contributed by atoms with Crippen LogP contribution in [-0.2, 0) is 22.2 Å². The van der Waals surface area contributed by atoms with Gasteiger partial charge in [-0.25, -0.2) is 8.42 Å². The highest BCUT2D eigenvalue weighted by Crippen LogP contribution is 2.34. The summed E-state index contributed by atoms with van der Waals surface area (Å²) in [5, 5.41) is 0. The first-order valence-electron chi connectivity index (χ1n) is 9.96. The van der Waals surface area contributed by atoms with Crippen molar-refractivity contribution in [1.82, 2.24) is 4.31 Å². The molecule has 1 heterocycles. The Kier molecular flexibility index (Phi) is 7.77. The van der Waals surface area contributed by atoms with Gasteiger partial charge in [0, 0.05) is 6.54 Å². The van der Waals surface area contributed by atoms with Crippen molar-refractivity contribution in [3.8, 4) is 0 Å². The molecule has 150 valence electrons. The summed E-state index contributed by atoms with van der Waals surface area (Å²) in [4.78, 5) is 1.20. The Hall–Kier alpha value is -1.56. The molecule has 0 unspecified atom stereocenters. The molecule has 0 aromatic heterocycles. The van der Waals surface area contributed by atoms with Crippen LogP contribution < -0.4 is 0 Å². The van der Waals surface area contributed by atoms with Crippen LogP contribution in [0.15, 0.2) is 71.6 Å². The lowest BCUT2D eigenvalue weighted by molar-refractivity contribution is 0.428. The molecule has 2 aromatic rings. The van der Waals surface area contributed by atoms with Crippen LogP contribution in [0, 0.1) is 0 Å². The molecule has 0 saturated carbocycles. The van der Waals surface area contributed by atoms with Crippen LogP contribution in [0.5, 0.6) is 0 Å². The fraction of sp³-hybridized carbons (Fsp3) is 0.391. The molecule has 0 spiro atoms. The first kappa shape index (κ1) is 21.2. The molecule has 3 rings (SSSR count). The zero-order valence-electron chi connectivity index (χ0n) is 16.5. The van der Waals surface area contributed by atoms with E-state index in [1.807, 2.05) is 55.1 Å². The molecule has 2 aromatic carbocycles. The molecular formula is C23H29NO2S2. The zero-order valence-corrected chi connectivity index (χ0v) is 18.1. The van der Waals surface area contributed by atoms with Gasteiger partial charge in [0.2, 0.25) is 10.0 Å². The summed E-state index contributed by atoms with van der Waals surface area (Å²) in [5.74, 6) is 1.09. The van der Waals surface area contributed by atoms with Gasteiger partial charge < -0.3 is 0 Å². The monoisotopic (exact) mass is 415 g/mol. The number of nitrogens with zero attached hydrogens (tertiary/aromatic N) is 1. The normalized spacial score (nSPS) is 18.5. The molecule has 1 saturated heterocycles. The lowest BCUT2D eigenvalue weighted by Crippen LogP contribution is -2.37. The van der Waals surface area contributed by atoms with Crippen LogP contribution in [0.1, 0.15) is 37.3 Å². The van der Waals surface area contributed by atoms with E-state index in [-0.39, 0.29) is 11.8 Å². The number of hydrogen-bond donors (Lipinski definition) is 0. The van der Waals surface area contributed by atoms with Crippen molar-refractivity contribution in [2.24, 2.45) is 0 Å². The third kappa shape index (κ3) is 5.72. The first-order valence-corrected chi connectivity index (χ1v) is 12.6. The standard InChI is InChI=1S/C23H29NO2S2/c1-2-23(27-18-10-15-20-11-5-3-6-12-20)22-16-9-17-24(22)28(25,26)19-21-13-7-4-8-14-21/h2-8,11-14,22H,9-10,15-19H2,1H3/b23-2-/t22-/m0/s1. The van der Waals surface area contributed by atoms with Gasteiger partial charge in [-0.1, -0.05) is 66.7 Å². The van der Waals surface area contributed by atoms with Gasteiger partial charge in [0.15, 0.2) is 0 Å². The number of rotatable bonds is 9. The van der Waals surface area contributed by atoms with Gasteiger partial charge in [-0.15, -0.1) is 11.8 Å². The van der Waals surface area contributed by atoms with Crippen molar-refractivity contribution < 1.29 is 8.42 Å². The summed E-state index contributed by atoms with van der Waals surface area (Å²) in [6.07, 6.45) is 6.11. The van der Waals surface area contributed by atoms with E-state index in [0.717, 1.165) is 37.0 Å². The highest BCUT2D eigenvalue weighted by Gasteiger charge is 2.36. The summed E-state index contributed by atoms with van der Waals surface area (Å²) in [5.41, 5.74) is 2.21. The lowest BCUT2D eigenvalue weighted by atomic mass is 10.1. The predicted octanol–water partition coefficient (Wildman–Crippen LogP) is 5.25. The van der Waals surface area contributed by atoms with Gasteiger partial charge in [-0.3, -0.25) is 0 Å². The van der Waals surface area contributed by atoms with Gasteiger partial charge in [0.1, 0.15) is 0 Å². The van der Waals surface area contributed by atoms with Crippen molar-refractivity contribution in [1.29, 1.82) is 0 Å². The minimum absolute atomic E-state index is 0.000405. The number of benzene rings is 2. The van der Waals surface area contributed by atoms with Crippen molar-refractivity contribution in [2.75, 3.05) is 12.3 Å². The van der Waals surface area contributed by atoms with E-state index in [1.54, 1.807) is 4.31 Å². The average molecular weight is 416 g/mol. The molecule has 0 amide bonds. The minimum atomic E-state index is -3.31. The van der Waals surface area contributed by atoms with E-state index in [4.69, 9.17) is 0 Å². The molecule has 0 N–H and O–H groups in total. The van der Waals surface area contributed by atoms with Crippen molar-refractivity contribution in [2.45, 2.75) is 44.4 Å². The van der Waals surface area contributed by atoms with Crippen LogP contribution in [0.25, 0.3) is 0 Å². The van der Waals surface area contributed by atoms with Crippen LogP contribution >= 0.6 is 11.8 Å². The number of aryl methyl sites for hydroxylation is 1. The van der Waals surface area contributed by atoms with E-state index in [9.17, 15) is 8.42 Å². The first-order chi connectivity index (χ1) is 13.6. The van der Waals surface area contributed by atoms with Gasteiger partial charge in [-0.2, -0.15) is 4.31 Å². The van der Waals surface area contributed by atoms with Gasteiger partial charge >= 0.3 is 0 Å². The second-order valence-electron chi connectivity index (χ2n) is 7.14. The summed E-state index contributed by atoms with van der Waals surface area (Å²) in [6.45, 7) is 2.65. The predicted molar refractivity (Wildman–Crippen MR) is 120 cm³/mol. The summed E-state index contributed by atoms with van der Waals surface area (Å²) < 4.78 is 27.8. The van der Waals surface area contributed by atoms with Gasteiger partial charge in [0.05, 0.1) is 11.8 Å². The highest BCUT2D eigenvalue weighted by atomic mass is 32.2. The average Bonchev–Trinajstić information content (AvgIpc) is 3.20. The Morgan fingerprint density at radius 1 is 1.07 bits per heavy atom. The summed E-state index contributed by atoms with van der Waals surface area (Å²) in [7, 11) is -3.31. The molecule has 1 aliphatic heterocycles. The maximum atomic E-state index is 13.0. The molecule has 0 radical (unpaired) electrons. The van der Waals surface area contributed by atoms with Crippen molar-refractivity contribution in [3.05, 3.63) is 82.8 Å². The Labute approximate surface area is 173 Å². The van der Waals surface area contributed by atoms with E-state index >= 15 is 0 Å². The second kappa shape index (κ2) is 10.3. The zero-order chi connectivity index (χ0) is 19.8. The maximum absolute atomic E-state index is 13.0. The topological polar surface area (TPSA) is 37.4 Å². The summed E-state index contributed by atoms with van der Waals surface area (Å²) >= 11 is 1.82.